The summed E-state index contributed by atoms with van der Waals surface area (Å²) in [4.78, 5) is 11.9. The van der Waals surface area contributed by atoms with E-state index < -0.39 is 0 Å². The lowest BCUT2D eigenvalue weighted by atomic mass is 9.87. The maximum absolute atomic E-state index is 11.9. The van der Waals surface area contributed by atoms with Crippen LogP contribution in [-0.4, -0.2) is 18.5 Å². The van der Waals surface area contributed by atoms with E-state index >= 15 is 0 Å². The van der Waals surface area contributed by atoms with Gasteiger partial charge in [0.1, 0.15) is 0 Å². The van der Waals surface area contributed by atoms with Crippen LogP contribution in [0.4, 0.5) is 5.69 Å². The summed E-state index contributed by atoms with van der Waals surface area (Å²) in [6, 6.07) is 8.19. The number of carbonyl (C=O) groups is 1. The molecule has 1 fully saturated rings. The van der Waals surface area contributed by atoms with Crippen LogP contribution in [-0.2, 0) is 4.79 Å². The van der Waals surface area contributed by atoms with Crippen molar-refractivity contribution >= 4 is 27.5 Å². The standard InChI is InChI=1S/C15H21BrN2O/c1-11-6-8-12(9-7-11)18-15(19)10-17-14-5-3-2-4-13(14)16/h2-5,11-12,17H,6-10H2,1H3,(H,18,19). The Hall–Kier alpha value is -1.03. The summed E-state index contributed by atoms with van der Waals surface area (Å²) in [5.74, 6) is 0.891. The molecule has 1 aromatic carbocycles. The second-order valence-corrected chi connectivity index (χ2v) is 6.21. The Bertz CT molecular complexity index is 428. The van der Waals surface area contributed by atoms with Gasteiger partial charge in [-0.3, -0.25) is 4.79 Å². The molecule has 0 bridgehead atoms. The predicted octanol–water partition coefficient (Wildman–Crippen LogP) is 3.56. The molecule has 1 amide bonds. The summed E-state index contributed by atoms with van der Waals surface area (Å²) in [6.45, 7) is 2.61. The average Bonchev–Trinajstić information content (AvgIpc) is 2.40. The lowest BCUT2D eigenvalue weighted by Crippen LogP contribution is -2.40. The fourth-order valence-electron chi connectivity index (χ4n) is 2.46. The predicted molar refractivity (Wildman–Crippen MR) is 82.2 cm³/mol. The maximum Gasteiger partial charge on any atom is 0.239 e. The fourth-order valence-corrected chi connectivity index (χ4v) is 2.89. The van der Waals surface area contributed by atoms with Gasteiger partial charge in [-0.25, -0.2) is 0 Å². The second kappa shape index (κ2) is 6.94. The first-order valence-corrected chi connectivity index (χ1v) is 7.72. The number of nitrogens with one attached hydrogen (secondary N) is 2. The van der Waals surface area contributed by atoms with E-state index in [2.05, 4.69) is 33.5 Å². The minimum absolute atomic E-state index is 0.0790. The maximum atomic E-state index is 11.9. The van der Waals surface area contributed by atoms with Crippen LogP contribution in [0.25, 0.3) is 0 Å². The van der Waals surface area contributed by atoms with Gasteiger partial charge in [0.25, 0.3) is 0 Å². The smallest absolute Gasteiger partial charge is 0.239 e. The van der Waals surface area contributed by atoms with Crippen molar-refractivity contribution in [3.63, 3.8) is 0 Å². The van der Waals surface area contributed by atoms with Gasteiger partial charge in [0.15, 0.2) is 0 Å². The van der Waals surface area contributed by atoms with Crippen LogP contribution in [0.3, 0.4) is 0 Å². The summed E-state index contributed by atoms with van der Waals surface area (Å²) in [6.07, 6.45) is 4.68. The first kappa shape index (κ1) is 14.4. The minimum Gasteiger partial charge on any atom is -0.375 e. The number of anilines is 1. The molecule has 1 aliphatic rings. The zero-order valence-electron chi connectivity index (χ0n) is 11.3. The molecule has 2 rings (SSSR count). The van der Waals surface area contributed by atoms with Gasteiger partial charge in [0.2, 0.25) is 5.91 Å². The minimum atomic E-state index is 0.0790. The third kappa shape index (κ3) is 4.53. The van der Waals surface area contributed by atoms with E-state index in [0.717, 1.165) is 28.9 Å². The SMILES string of the molecule is CC1CCC(NC(=O)CNc2ccccc2Br)CC1. The monoisotopic (exact) mass is 324 g/mol. The summed E-state index contributed by atoms with van der Waals surface area (Å²) >= 11 is 3.46. The molecule has 4 heteroatoms. The molecule has 0 aromatic heterocycles. The molecule has 0 saturated heterocycles. The van der Waals surface area contributed by atoms with E-state index in [4.69, 9.17) is 0 Å². The van der Waals surface area contributed by atoms with Gasteiger partial charge in [0.05, 0.1) is 6.54 Å². The Kier molecular flexibility index (Phi) is 5.25. The second-order valence-electron chi connectivity index (χ2n) is 5.36. The lowest BCUT2D eigenvalue weighted by Gasteiger charge is -2.27. The van der Waals surface area contributed by atoms with Crippen LogP contribution in [0, 0.1) is 5.92 Å². The van der Waals surface area contributed by atoms with E-state index in [0.29, 0.717) is 12.6 Å². The van der Waals surface area contributed by atoms with E-state index in [1.165, 1.54) is 12.8 Å². The first-order valence-electron chi connectivity index (χ1n) is 6.93. The van der Waals surface area contributed by atoms with Crippen LogP contribution >= 0.6 is 15.9 Å². The van der Waals surface area contributed by atoms with Crippen LogP contribution in [0.1, 0.15) is 32.6 Å². The molecule has 3 nitrogen and oxygen atoms in total. The molecule has 0 aliphatic heterocycles. The van der Waals surface area contributed by atoms with Crippen molar-refractivity contribution in [3.05, 3.63) is 28.7 Å². The van der Waals surface area contributed by atoms with Crippen LogP contribution in [0.5, 0.6) is 0 Å². The fraction of sp³-hybridized carbons (Fsp3) is 0.533. The van der Waals surface area contributed by atoms with Crippen LogP contribution < -0.4 is 10.6 Å². The van der Waals surface area contributed by atoms with Gasteiger partial charge in [-0.15, -0.1) is 0 Å². The van der Waals surface area contributed by atoms with E-state index in [9.17, 15) is 4.79 Å². The third-order valence-corrected chi connectivity index (χ3v) is 4.39. The summed E-state index contributed by atoms with van der Waals surface area (Å²) < 4.78 is 0.981. The molecule has 0 atom stereocenters. The molecule has 19 heavy (non-hydrogen) atoms. The van der Waals surface area contributed by atoms with Gasteiger partial charge in [-0.1, -0.05) is 19.1 Å². The number of amides is 1. The van der Waals surface area contributed by atoms with Gasteiger partial charge in [-0.2, -0.15) is 0 Å². The molecule has 0 heterocycles. The molecule has 0 spiro atoms. The quantitative estimate of drug-likeness (QED) is 0.889. The topological polar surface area (TPSA) is 41.1 Å². The highest BCUT2D eigenvalue weighted by Gasteiger charge is 2.19. The van der Waals surface area contributed by atoms with Gasteiger partial charge in [0, 0.05) is 16.2 Å². The van der Waals surface area contributed by atoms with Crippen molar-refractivity contribution in [2.75, 3.05) is 11.9 Å². The molecule has 0 radical (unpaired) electrons. The van der Waals surface area contributed by atoms with Crippen molar-refractivity contribution in [3.8, 4) is 0 Å². The highest BCUT2D eigenvalue weighted by molar-refractivity contribution is 9.10. The van der Waals surface area contributed by atoms with E-state index in [1.54, 1.807) is 0 Å². The number of para-hydroxylation sites is 1. The van der Waals surface area contributed by atoms with Crippen molar-refractivity contribution in [1.29, 1.82) is 0 Å². The average molecular weight is 325 g/mol. The highest BCUT2D eigenvalue weighted by Crippen LogP contribution is 2.23. The Morgan fingerprint density at radius 1 is 1.26 bits per heavy atom. The number of halogens is 1. The van der Waals surface area contributed by atoms with Crippen molar-refractivity contribution < 1.29 is 4.79 Å². The molecule has 1 aromatic rings. The number of rotatable bonds is 4. The molecule has 0 unspecified atom stereocenters. The van der Waals surface area contributed by atoms with Crippen molar-refractivity contribution in [2.24, 2.45) is 5.92 Å². The zero-order valence-corrected chi connectivity index (χ0v) is 12.9. The number of carbonyl (C=O) groups excluding carboxylic acids is 1. The molecular weight excluding hydrogens is 304 g/mol. The summed E-state index contributed by atoms with van der Waals surface area (Å²) in [7, 11) is 0. The van der Waals surface area contributed by atoms with Gasteiger partial charge in [-0.05, 0) is 59.7 Å². The Morgan fingerprint density at radius 3 is 2.63 bits per heavy atom. The Labute approximate surface area is 123 Å². The number of hydrogen-bond donors (Lipinski definition) is 2. The Morgan fingerprint density at radius 2 is 1.95 bits per heavy atom. The molecule has 1 saturated carbocycles. The van der Waals surface area contributed by atoms with Crippen molar-refractivity contribution in [2.45, 2.75) is 38.6 Å². The molecule has 104 valence electrons. The zero-order chi connectivity index (χ0) is 13.7. The lowest BCUT2D eigenvalue weighted by molar-refractivity contribution is -0.120. The number of hydrogen-bond acceptors (Lipinski definition) is 2. The normalized spacial score (nSPS) is 22.8. The summed E-state index contributed by atoms with van der Waals surface area (Å²) in [5.41, 5.74) is 0.954. The molecular formula is C15H21BrN2O. The largest absolute Gasteiger partial charge is 0.375 e. The molecule has 1 aliphatic carbocycles. The number of benzene rings is 1. The first-order chi connectivity index (χ1) is 9.15. The van der Waals surface area contributed by atoms with Gasteiger partial charge >= 0.3 is 0 Å². The van der Waals surface area contributed by atoms with Crippen LogP contribution in [0.2, 0.25) is 0 Å². The molecule has 2 N–H and O–H groups in total. The van der Waals surface area contributed by atoms with Gasteiger partial charge < -0.3 is 10.6 Å². The van der Waals surface area contributed by atoms with Crippen LogP contribution in [0.15, 0.2) is 28.7 Å². The Balaban J connectivity index is 1.74. The highest BCUT2D eigenvalue weighted by atomic mass is 79.9. The van der Waals surface area contributed by atoms with E-state index in [1.807, 2.05) is 24.3 Å². The van der Waals surface area contributed by atoms with Crippen molar-refractivity contribution in [1.82, 2.24) is 5.32 Å². The third-order valence-electron chi connectivity index (χ3n) is 3.69. The van der Waals surface area contributed by atoms with E-state index in [-0.39, 0.29) is 5.91 Å². The summed E-state index contributed by atoms with van der Waals surface area (Å²) in [5, 5.41) is 6.26.